The van der Waals surface area contributed by atoms with E-state index in [2.05, 4.69) is 5.32 Å². The molecule has 2 heterocycles. The number of amides is 2. The lowest BCUT2D eigenvalue weighted by atomic mass is 10.0. The van der Waals surface area contributed by atoms with Crippen LogP contribution in [0.3, 0.4) is 0 Å². The van der Waals surface area contributed by atoms with Crippen LogP contribution in [0.2, 0.25) is 0 Å². The molecule has 2 aromatic carbocycles. The molecular formula is C22H22N2O5. The Hall–Kier alpha value is -3.35. The van der Waals surface area contributed by atoms with Crippen LogP contribution >= 0.6 is 0 Å². The van der Waals surface area contributed by atoms with Crippen molar-refractivity contribution in [1.29, 1.82) is 0 Å². The molecule has 1 saturated heterocycles. The summed E-state index contributed by atoms with van der Waals surface area (Å²) in [6.07, 6.45) is 1.91. The minimum Gasteiger partial charge on any atom is -0.480 e. The zero-order chi connectivity index (χ0) is 20.4. The highest BCUT2D eigenvalue weighted by molar-refractivity contribution is 6.00. The van der Waals surface area contributed by atoms with E-state index in [0.29, 0.717) is 36.4 Å². The summed E-state index contributed by atoms with van der Waals surface area (Å²) in [5, 5.41) is 12.2. The highest BCUT2D eigenvalue weighted by Crippen LogP contribution is 2.29. The maximum atomic E-state index is 12.9. The number of carbonyl (C=O) groups excluding carboxylic acids is 2. The lowest BCUT2D eigenvalue weighted by molar-refractivity contribution is -0.143. The van der Waals surface area contributed by atoms with Gasteiger partial charge in [-0.2, -0.15) is 0 Å². The van der Waals surface area contributed by atoms with Crippen LogP contribution in [-0.4, -0.2) is 46.5 Å². The zero-order valence-corrected chi connectivity index (χ0v) is 15.8. The second-order valence-electron chi connectivity index (χ2n) is 7.34. The minimum atomic E-state index is -0.986. The van der Waals surface area contributed by atoms with Crippen LogP contribution < -0.4 is 10.1 Å². The van der Waals surface area contributed by atoms with Crippen molar-refractivity contribution in [3.8, 4) is 5.75 Å². The van der Waals surface area contributed by atoms with E-state index in [0.717, 1.165) is 18.4 Å². The van der Waals surface area contributed by atoms with Gasteiger partial charge in [0, 0.05) is 24.2 Å². The van der Waals surface area contributed by atoms with Gasteiger partial charge in [0.1, 0.15) is 11.8 Å². The summed E-state index contributed by atoms with van der Waals surface area (Å²) >= 11 is 0. The van der Waals surface area contributed by atoms with Gasteiger partial charge in [-0.15, -0.1) is 0 Å². The van der Waals surface area contributed by atoms with E-state index in [1.54, 1.807) is 24.3 Å². The molecule has 2 N–H and O–H groups in total. The molecule has 0 aromatic heterocycles. The number of rotatable bonds is 4. The predicted molar refractivity (Wildman–Crippen MR) is 106 cm³/mol. The number of carbonyl (C=O) groups is 3. The molecule has 0 saturated carbocycles. The van der Waals surface area contributed by atoms with Gasteiger partial charge in [-0.25, -0.2) is 4.79 Å². The number of carboxylic acid groups (broad SMARTS) is 1. The van der Waals surface area contributed by atoms with E-state index in [9.17, 15) is 19.5 Å². The van der Waals surface area contributed by atoms with Crippen molar-refractivity contribution in [1.82, 2.24) is 4.90 Å². The van der Waals surface area contributed by atoms with Gasteiger partial charge in [-0.05, 0) is 49.1 Å². The van der Waals surface area contributed by atoms with Crippen LogP contribution in [0.25, 0.3) is 0 Å². The number of ether oxygens (including phenoxy) is 1. The normalized spacial score (nSPS) is 20.5. The third-order valence-electron chi connectivity index (χ3n) is 5.37. The molecule has 4 rings (SSSR count). The smallest absolute Gasteiger partial charge is 0.326 e. The Morgan fingerprint density at radius 3 is 2.69 bits per heavy atom. The number of nitrogens with one attached hydrogen (secondary N) is 1. The van der Waals surface area contributed by atoms with Gasteiger partial charge >= 0.3 is 5.97 Å². The van der Waals surface area contributed by atoms with Crippen molar-refractivity contribution in [3.63, 3.8) is 0 Å². The largest absolute Gasteiger partial charge is 0.480 e. The van der Waals surface area contributed by atoms with Crippen molar-refractivity contribution >= 4 is 23.5 Å². The number of piperidine rings is 1. The quantitative estimate of drug-likeness (QED) is 0.831. The summed E-state index contributed by atoms with van der Waals surface area (Å²) in [7, 11) is 0. The van der Waals surface area contributed by atoms with Crippen molar-refractivity contribution in [2.24, 2.45) is 0 Å². The number of para-hydroxylation sites is 1. The van der Waals surface area contributed by atoms with Gasteiger partial charge < -0.3 is 20.1 Å². The molecule has 7 nitrogen and oxygen atoms in total. The molecule has 7 heteroatoms. The Morgan fingerprint density at radius 1 is 1.07 bits per heavy atom. The Kier molecular flexibility index (Phi) is 5.20. The topological polar surface area (TPSA) is 95.9 Å². The van der Waals surface area contributed by atoms with Gasteiger partial charge in [0.2, 0.25) is 0 Å². The van der Waals surface area contributed by atoms with Gasteiger partial charge in [-0.1, -0.05) is 24.3 Å². The third kappa shape index (κ3) is 3.94. The summed E-state index contributed by atoms with van der Waals surface area (Å²) < 4.78 is 5.70. The predicted octanol–water partition coefficient (Wildman–Crippen LogP) is 2.71. The number of aliphatic carboxylic acids is 1. The zero-order valence-electron chi connectivity index (χ0n) is 15.8. The third-order valence-corrected chi connectivity index (χ3v) is 5.37. The van der Waals surface area contributed by atoms with E-state index < -0.39 is 18.1 Å². The van der Waals surface area contributed by atoms with Crippen molar-refractivity contribution < 1.29 is 24.2 Å². The van der Waals surface area contributed by atoms with Gasteiger partial charge in [0.05, 0.1) is 0 Å². The van der Waals surface area contributed by atoms with Crippen LogP contribution in [-0.2, 0) is 16.0 Å². The number of hydrogen-bond acceptors (Lipinski definition) is 4. The monoisotopic (exact) mass is 394 g/mol. The maximum absolute atomic E-state index is 12.9. The average Bonchev–Trinajstić information content (AvgIpc) is 3.18. The maximum Gasteiger partial charge on any atom is 0.326 e. The fourth-order valence-electron chi connectivity index (χ4n) is 3.88. The molecule has 29 heavy (non-hydrogen) atoms. The Labute approximate surface area is 168 Å². The fraction of sp³-hybridized carbons (Fsp3) is 0.318. The number of likely N-dealkylation sites (tertiary alicyclic amines) is 1. The molecule has 2 aliphatic rings. The molecule has 0 radical (unpaired) electrons. The summed E-state index contributed by atoms with van der Waals surface area (Å²) in [6, 6.07) is 13.3. The molecule has 2 aliphatic heterocycles. The molecule has 1 unspecified atom stereocenters. The van der Waals surface area contributed by atoms with Gasteiger partial charge in [0.15, 0.2) is 6.10 Å². The van der Waals surface area contributed by atoms with Crippen molar-refractivity contribution in [3.05, 3.63) is 59.7 Å². The second kappa shape index (κ2) is 7.95. The van der Waals surface area contributed by atoms with E-state index in [4.69, 9.17) is 4.74 Å². The summed E-state index contributed by atoms with van der Waals surface area (Å²) in [4.78, 5) is 38.4. The van der Waals surface area contributed by atoms with Crippen LogP contribution in [0, 0.1) is 0 Å². The minimum absolute atomic E-state index is 0.285. The Morgan fingerprint density at radius 2 is 1.90 bits per heavy atom. The first-order valence-corrected chi connectivity index (χ1v) is 9.72. The summed E-state index contributed by atoms with van der Waals surface area (Å²) in [5.74, 6) is -0.897. The average molecular weight is 394 g/mol. The second-order valence-corrected chi connectivity index (χ2v) is 7.34. The Balaban J connectivity index is 1.45. The number of fused-ring (bicyclic) bond motifs is 1. The molecule has 0 aliphatic carbocycles. The van der Waals surface area contributed by atoms with Gasteiger partial charge in [0.25, 0.3) is 11.8 Å². The summed E-state index contributed by atoms with van der Waals surface area (Å²) in [5.41, 5.74) is 1.82. The van der Waals surface area contributed by atoms with E-state index >= 15 is 0 Å². The van der Waals surface area contributed by atoms with Crippen LogP contribution in [0.15, 0.2) is 48.5 Å². The first-order chi connectivity index (χ1) is 14.0. The lowest BCUT2D eigenvalue weighted by Crippen LogP contribution is -2.48. The van der Waals surface area contributed by atoms with Crippen molar-refractivity contribution in [2.45, 2.75) is 37.8 Å². The van der Waals surface area contributed by atoms with Crippen molar-refractivity contribution in [2.75, 3.05) is 11.9 Å². The summed E-state index contributed by atoms with van der Waals surface area (Å²) in [6.45, 7) is 0.417. The lowest BCUT2D eigenvalue weighted by Gasteiger charge is -2.33. The highest BCUT2D eigenvalue weighted by Gasteiger charge is 2.33. The molecule has 2 aromatic rings. The molecular weight excluding hydrogens is 372 g/mol. The first kappa shape index (κ1) is 19.0. The number of carboxylic acids is 1. The standard InChI is InChI=1S/C22H22N2O5/c25-20(19-13-14-6-1-2-10-18(14)29-19)23-16-8-5-7-15(12-16)21(26)24-11-4-3-9-17(24)22(27)28/h1-2,5-8,10,12,17,19H,3-4,9,11,13H2,(H,23,25)(H,27,28)/t17-,19?/m1/s1. The Bertz CT molecular complexity index is 933. The molecule has 0 spiro atoms. The SMILES string of the molecule is O=C(Nc1cccc(C(=O)N2CCCC[C@@H]2C(=O)O)c1)C1Cc2ccccc2O1. The van der Waals surface area contributed by atoms with Crippen LogP contribution in [0.1, 0.15) is 35.2 Å². The van der Waals surface area contributed by atoms with Crippen LogP contribution in [0.4, 0.5) is 5.69 Å². The fourth-order valence-corrected chi connectivity index (χ4v) is 3.88. The number of anilines is 1. The number of benzene rings is 2. The molecule has 0 bridgehead atoms. The molecule has 2 atom stereocenters. The molecule has 2 amide bonds. The number of hydrogen-bond donors (Lipinski definition) is 2. The van der Waals surface area contributed by atoms with E-state index in [1.807, 2.05) is 24.3 Å². The van der Waals surface area contributed by atoms with E-state index in [1.165, 1.54) is 4.90 Å². The highest BCUT2D eigenvalue weighted by atomic mass is 16.5. The van der Waals surface area contributed by atoms with E-state index in [-0.39, 0.29) is 11.8 Å². The number of nitrogens with zero attached hydrogens (tertiary/aromatic N) is 1. The molecule has 150 valence electrons. The first-order valence-electron chi connectivity index (χ1n) is 9.72. The molecule has 1 fully saturated rings. The van der Waals surface area contributed by atoms with Gasteiger partial charge in [-0.3, -0.25) is 9.59 Å². The van der Waals surface area contributed by atoms with Crippen LogP contribution in [0.5, 0.6) is 5.75 Å².